The number of nitrogens with one attached hydrogen (secondary N) is 1. The van der Waals surface area contributed by atoms with Crippen LogP contribution in [0.3, 0.4) is 0 Å². The molecule has 26 heavy (non-hydrogen) atoms. The quantitative estimate of drug-likeness (QED) is 0.549. The Morgan fingerprint density at radius 3 is 2.62 bits per heavy atom. The maximum absolute atomic E-state index is 13.8. The van der Waals surface area contributed by atoms with Crippen LogP contribution >= 0.6 is 38.9 Å². The molecule has 1 N–H and O–H groups in total. The van der Waals surface area contributed by atoms with Crippen molar-refractivity contribution in [3.63, 3.8) is 0 Å². The summed E-state index contributed by atoms with van der Waals surface area (Å²) in [6.07, 6.45) is 1.45. The van der Waals surface area contributed by atoms with Crippen molar-refractivity contribution in [3.05, 3.63) is 73.9 Å². The number of benzene rings is 2. The maximum Gasteiger partial charge on any atom is 0.286 e. The van der Waals surface area contributed by atoms with Crippen LogP contribution in [-0.4, -0.2) is 16.1 Å². The summed E-state index contributed by atoms with van der Waals surface area (Å²) in [5.41, 5.74) is 2.07. The first-order chi connectivity index (χ1) is 12.4. The molecule has 1 amide bonds. The van der Waals surface area contributed by atoms with E-state index in [0.29, 0.717) is 16.3 Å². The summed E-state index contributed by atoms with van der Waals surface area (Å²) in [5.74, 6) is -0.788. The van der Waals surface area contributed by atoms with Crippen molar-refractivity contribution in [2.24, 2.45) is 0 Å². The number of aryl methyl sites for hydroxylation is 1. The minimum atomic E-state index is -0.409. The summed E-state index contributed by atoms with van der Waals surface area (Å²) in [6.45, 7) is 1.96. The van der Waals surface area contributed by atoms with Gasteiger partial charge in [0.15, 0.2) is 5.01 Å². The molecule has 0 aliphatic rings. The highest BCUT2D eigenvalue weighted by Gasteiger charge is 2.15. The van der Waals surface area contributed by atoms with Gasteiger partial charge in [0.2, 0.25) is 5.01 Å². The molecule has 0 saturated carbocycles. The Morgan fingerprint density at radius 2 is 1.88 bits per heavy atom. The Morgan fingerprint density at radius 1 is 1.19 bits per heavy atom. The first-order valence-electron chi connectivity index (χ1n) is 7.46. The molecular formula is C18H12BrClFN3OS. The largest absolute Gasteiger partial charge is 0.320 e. The molecule has 3 aromatic rings. The first-order valence-corrected chi connectivity index (χ1v) is 9.45. The summed E-state index contributed by atoms with van der Waals surface area (Å²) in [4.78, 5) is 12.3. The SMILES string of the molecule is Cc1ccc(NC(=O)c2nnc(/C(Cl)=C/c3cc(Br)ccc3F)s2)cc1. The number of aromatic nitrogens is 2. The summed E-state index contributed by atoms with van der Waals surface area (Å²) < 4.78 is 14.6. The van der Waals surface area contributed by atoms with Crippen LogP contribution in [0.25, 0.3) is 11.1 Å². The lowest BCUT2D eigenvalue weighted by Gasteiger charge is -2.02. The number of amides is 1. The third-order valence-corrected chi connectivity index (χ3v) is 5.22. The molecular weight excluding hydrogens is 441 g/mol. The lowest BCUT2D eigenvalue weighted by Crippen LogP contribution is -2.11. The molecule has 132 valence electrons. The van der Waals surface area contributed by atoms with E-state index in [-0.39, 0.29) is 15.9 Å². The van der Waals surface area contributed by atoms with Gasteiger partial charge in [0, 0.05) is 15.7 Å². The molecule has 8 heteroatoms. The second-order valence-electron chi connectivity index (χ2n) is 5.39. The van der Waals surface area contributed by atoms with E-state index in [9.17, 15) is 9.18 Å². The Kier molecular flexibility index (Phi) is 5.80. The van der Waals surface area contributed by atoms with Gasteiger partial charge < -0.3 is 5.32 Å². The zero-order chi connectivity index (χ0) is 18.7. The predicted octanol–water partition coefficient (Wildman–Crippen LogP) is 5.74. The van der Waals surface area contributed by atoms with E-state index in [2.05, 4.69) is 31.4 Å². The number of hydrogen-bond acceptors (Lipinski definition) is 4. The number of carbonyl (C=O) groups excluding carboxylic acids is 1. The molecule has 1 aromatic heterocycles. The van der Waals surface area contributed by atoms with Crippen molar-refractivity contribution >= 4 is 61.6 Å². The summed E-state index contributed by atoms with van der Waals surface area (Å²) in [7, 11) is 0. The van der Waals surface area contributed by atoms with Crippen LogP contribution in [0, 0.1) is 12.7 Å². The number of nitrogens with zero attached hydrogens (tertiary/aromatic N) is 2. The lowest BCUT2D eigenvalue weighted by molar-refractivity contribution is 0.102. The summed E-state index contributed by atoms with van der Waals surface area (Å²) >= 11 is 10.5. The van der Waals surface area contributed by atoms with E-state index in [4.69, 9.17) is 11.6 Å². The molecule has 3 rings (SSSR count). The number of rotatable bonds is 4. The summed E-state index contributed by atoms with van der Waals surface area (Å²) in [6, 6.07) is 11.9. The molecule has 0 radical (unpaired) electrons. The Labute approximate surface area is 166 Å². The fourth-order valence-electron chi connectivity index (χ4n) is 2.06. The highest BCUT2D eigenvalue weighted by molar-refractivity contribution is 9.10. The molecule has 0 unspecified atom stereocenters. The number of carbonyl (C=O) groups is 1. The van der Waals surface area contributed by atoms with Gasteiger partial charge in [-0.3, -0.25) is 4.79 Å². The average molecular weight is 453 g/mol. The van der Waals surface area contributed by atoms with Gasteiger partial charge in [-0.2, -0.15) is 0 Å². The number of hydrogen-bond donors (Lipinski definition) is 1. The average Bonchev–Trinajstić information content (AvgIpc) is 3.10. The smallest absolute Gasteiger partial charge is 0.286 e. The zero-order valence-electron chi connectivity index (χ0n) is 13.5. The highest BCUT2D eigenvalue weighted by Crippen LogP contribution is 2.27. The van der Waals surface area contributed by atoms with Crippen molar-refractivity contribution in [2.45, 2.75) is 6.92 Å². The molecule has 0 bridgehead atoms. The van der Waals surface area contributed by atoms with Crippen molar-refractivity contribution in [1.29, 1.82) is 0 Å². The van der Waals surface area contributed by atoms with E-state index >= 15 is 0 Å². The van der Waals surface area contributed by atoms with Crippen molar-refractivity contribution in [2.75, 3.05) is 5.32 Å². The van der Waals surface area contributed by atoms with Crippen LogP contribution in [0.2, 0.25) is 0 Å². The van der Waals surface area contributed by atoms with Gasteiger partial charge in [-0.1, -0.05) is 56.6 Å². The Bertz CT molecular complexity index is 988. The van der Waals surface area contributed by atoms with Gasteiger partial charge in [-0.05, 0) is 43.3 Å². The van der Waals surface area contributed by atoms with E-state index < -0.39 is 5.82 Å². The van der Waals surface area contributed by atoms with Gasteiger partial charge in [0.1, 0.15) is 5.82 Å². The van der Waals surface area contributed by atoms with E-state index in [0.717, 1.165) is 21.4 Å². The van der Waals surface area contributed by atoms with Crippen LogP contribution < -0.4 is 5.32 Å². The minimum Gasteiger partial charge on any atom is -0.320 e. The van der Waals surface area contributed by atoms with Gasteiger partial charge in [-0.15, -0.1) is 10.2 Å². The third-order valence-electron chi connectivity index (χ3n) is 3.37. The number of anilines is 1. The van der Waals surface area contributed by atoms with E-state index in [1.165, 1.54) is 12.1 Å². The molecule has 0 saturated heterocycles. The fourth-order valence-corrected chi connectivity index (χ4v) is 3.35. The summed E-state index contributed by atoms with van der Waals surface area (Å²) in [5, 5.41) is 11.2. The third kappa shape index (κ3) is 4.55. The minimum absolute atomic E-state index is 0.168. The molecule has 0 spiro atoms. The normalized spacial score (nSPS) is 11.5. The lowest BCUT2D eigenvalue weighted by atomic mass is 10.2. The molecule has 4 nitrogen and oxygen atoms in total. The fraction of sp³-hybridized carbons (Fsp3) is 0.0556. The Balaban J connectivity index is 1.78. The van der Waals surface area contributed by atoms with Crippen molar-refractivity contribution in [1.82, 2.24) is 10.2 Å². The molecule has 0 fully saturated rings. The van der Waals surface area contributed by atoms with Crippen molar-refractivity contribution < 1.29 is 9.18 Å². The highest BCUT2D eigenvalue weighted by atomic mass is 79.9. The second-order valence-corrected chi connectivity index (χ2v) is 7.69. The molecule has 1 heterocycles. The van der Waals surface area contributed by atoms with Gasteiger partial charge in [0.05, 0.1) is 5.03 Å². The van der Waals surface area contributed by atoms with Crippen LogP contribution in [0.1, 0.15) is 25.9 Å². The van der Waals surface area contributed by atoms with Gasteiger partial charge in [0.25, 0.3) is 5.91 Å². The maximum atomic E-state index is 13.8. The van der Waals surface area contributed by atoms with Crippen LogP contribution in [0.5, 0.6) is 0 Å². The predicted molar refractivity (Wildman–Crippen MR) is 107 cm³/mol. The molecule has 2 aromatic carbocycles. The van der Waals surface area contributed by atoms with Gasteiger partial charge in [-0.25, -0.2) is 4.39 Å². The van der Waals surface area contributed by atoms with E-state index in [1.54, 1.807) is 24.3 Å². The monoisotopic (exact) mass is 451 g/mol. The topological polar surface area (TPSA) is 54.9 Å². The van der Waals surface area contributed by atoms with Gasteiger partial charge >= 0.3 is 0 Å². The first kappa shape index (κ1) is 18.7. The standard InChI is InChI=1S/C18H12BrClFN3OS/c1-10-2-5-13(6-3-10)22-16(25)18-24-23-17(26-18)14(20)9-11-8-12(19)4-7-15(11)21/h2-9H,1H3,(H,22,25)/b14-9-. The molecule has 0 aliphatic heterocycles. The zero-order valence-corrected chi connectivity index (χ0v) is 16.6. The second kappa shape index (κ2) is 8.07. The number of halogens is 3. The van der Waals surface area contributed by atoms with E-state index in [1.807, 2.05) is 19.1 Å². The van der Waals surface area contributed by atoms with Crippen LogP contribution in [0.15, 0.2) is 46.9 Å². The van der Waals surface area contributed by atoms with Crippen LogP contribution in [0.4, 0.5) is 10.1 Å². The van der Waals surface area contributed by atoms with Crippen molar-refractivity contribution in [3.8, 4) is 0 Å². The molecule has 0 aliphatic carbocycles. The molecule has 0 atom stereocenters. The Hall–Kier alpha value is -2.09. The van der Waals surface area contributed by atoms with Crippen LogP contribution in [-0.2, 0) is 0 Å².